The molecule has 1 N–H and O–H groups in total. The molecule has 1 saturated carbocycles. The Morgan fingerprint density at radius 2 is 2.05 bits per heavy atom. The Hall–Kier alpha value is -1.49. The Morgan fingerprint density at radius 1 is 1.40 bits per heavy atom. The second kappa shape index (κ2) is 6.31. The molecule has 1 unspecified atom stereocenters. The Morgan fingerprint density at radius 3 is 2.60 bits per heavy atom. The van der Waals surface area contributed by atoms with Crippen molar-refractivity contribution in [2.45, 2.75) is 44.7 Å². The van der Waals surface area contributed by atoms with E-state index >= 15 is 0 Å². The zero-order valence-corrected chi connectivity index (χ0v) is 11.5. The minimum absolute atomic E-state index is 0.122. The van der Waals surface area contributed by atoms with E-state index in [9.17, 15) is 13.6 Å². The van der Waals surface area contributed by atoms with E-state index < -0.39 is 17.6 Å². The minimum Gasteiger partial charge on any atom is -0.480 e. The summed E-state index contributed by atoms with van der Waals surface area (Å²) in [4.78, 5) is 12.9. The lowest BCUT2D eigenvalue weighted by Gasteiger charge is -2.33. The average Bonchev–Trinajstić information content (AvgIpc) is 2.88. The molecular formula is C15H19F2NO2. The molecule has 1 fully saturated rings. The van der Waals surface area contributed by atoms with Crippen molar-refractivity contribution in [3.05, 3.63) is 35.4 Å². The van der Waals surface area contributed by atoms with Crippen LogP contribution in [0.2, 0.25) is 0 Å². The van der Waals surface area contributed by atoms with Crippen LogP contribution in [0.5, 0.6) is 0 Å². The lowest BCUT2D eigenvalue weighted by Crippen LogP contribution is -2.39. The van der Waals surface area contributed by atoms with Crippen molar-refractivity contribution in [3.63, 3.8) is 0 Å². The number of benzene rings is 1. The Kier molecular flexibility index (Phi) is 4.70. The molecule has 1 aromatic carbocycles. The molecule has 0 radical (unpaired) electrons. The number of carboxylic acid groups (broad SMARTS) is 1. The number of nitrogens with zero attached hydrogens (tertiary/aromatic N) is 1. The fourth-order valence-electron chi connectivity index (χ4n) is 2.99. The number of rotatable bonds is 5. The van der Waals surface area contributed by atoms with Crippen LogP contribution in [0.25, 0.3) is 0 Å². The van der Waals surface area contributed by atoms with Gasteiger partial charge in [0.2, 0.25) is 0 Å². The van der Waals surface area contributed by atoms with Crippen molar-refractivity contribution in [2.24, 2.45) is 0 Å². The summed E-state index contributed by atoms with van der Waals surface area (Å²) in [6, 6.07) is 3.24. The van der Waals surface area contributed by atoms with Crippen LogP contribution in [0.3, 0.4) is 0 Å². The van der Waals surface area contributed by atoms with E-state index in [0.29, 0.717) is 5.56 Å². The first kappa shape index (κ1) is 14.9. The zero-order chi connectivity index (χ0) is 14.7. The molecule has 0 spiro atoms. The van der Waals surface area contributed by atoms with Gasteiger partial charge in [0.05, 0.1) is 6.54 Å². The molecule has 1 atom stereocenters. The third-order valence-corrected chi connectivity index (χ3v) is 4.02. The molecule has 0 aromatic heterocycles. The van der Waals surface area contributed by atoms with Gasteiger partial charge in [-0.3, -0.25) is 9.69 Å². The maximum Gasteiger partial charge on any atom is 0.317 e. The zero-order valence-electron chi connectivity index (χ0n) is 11.5. The van der Waals surface area contributed by atoms with Crippen LogP contribution in [-0.4, -0.2) is 28.6 Å². The number of halogens is 2. The molecule has 2 rings (SSSR count). The molecule has 5 heteroatoms. The van der Waals surface area contributed by atoms with Crippen molar-refractivity contribution in [3.8, 4) is 0 Å². The third-order valence-electron chi connectivity index (χ3n) is 4.02. The highest BCUT2D eigenvalue weighted by molar-refractivity contribution is 5.69. The smallest absolute Gasteiger partial charge is 0.317 e. The highest BCUT2D eigenvalue weighted by Crippen LogP contribution is 2.31. The molecule has 0 saturated heterocycles. The SMILES string of the molecule is CC(c1ccc(F)cc1F)N(CC(=O)O)C1CCCC1. The van der Waals surface area contributed by atoms with Crippen molar-refractivity contribution < 1.29 is 18.7 Å². The Bertz CT molecular complexity index is 487. The van der Waals surface area contributed by atoms with E-state index in [1.807, 2.05) is 4.90 Å². The van der Waals surface area contributed by atoms with E-state index in [2.05, 4.69) is 0 Å². The number of hydrogen-bond donors (Lipinski definition) is 1. The summed E-state index contributed by atoms with van der Waals surface area (Å²) in [6.07, 6.45) is 4.00. The van der Waals surface area contributed by atoms with Crippen LogP contribution in [-0.2, 0) is 4.79 Å². The fourth-order valence-corrected chi connectivity index (χ4v) is 2.99. The molecular weight excluding hydrogens is 264 g/mol. The summed E-state index contributed by atoms with van der Waals surface area (Å²) in [7, 11) is 0. The van der Waals surface area contributed by atoms with E-state index in [1.54, 1.807) is 6.92 Å². The monoisotopic (exact) mass is 283 g/mol. The summed E-state index contributed by atoms with van der Waals surface area (Å²) in [6.45, 7) is 1.65. The van der Waals surface area contributed by atoms with Crippen LogP contribution < -0.4 is 0 Å². The first-order valence-corrected chi connectivity index (χ1v) is 6.91. The molecule has 1 aromatic rings. The molecule has 3 nitrogen and oxygen atoms in total. The second-order valence-corrected chi connectivity index (χ2v) is 5.35. The summed E-state index contributed by atoms with van der Waals surface area (Å²) < 4.78 is 26.8. The van der Waals surface area contributed by atoms with Gasteiger partial charge in [0.25, 0.3) is 0 Å². The number of hydrogen-bond acceptors (Lipinski definition) is 2. The first-order chi connectivity index (χ1) is 9.49. The normalized spacial score (nSPS) is 17.6. The van der Waals surface area contributed by atoms with Gasteiger partial charge in [0.15, 0.2) is 0 Å². The molecule has 1 aliphatic carbocycles. The maximum atomic E-state index is 13.9. The van der Waals surface area contributed by atoms with Gasteiger partial charge in [-0.15, -0.1) is 0 Å². The van der Waals surface area contributed by atoms with Crippen LogP contribution >= 0.6 is 0 Å². The predicted octanol–water partition coefficient (Wildman–Crippen LogP) is 3.36. The topological polar surface area (TPSA) is 40.5 Å². The fraction of sp³-hybridized carbons (Fsp3) is 0.533. The summed E-state index contributed by atoms with van der Waals surface area (Å²) >= 11 is 0. The van der Waals surface area contributed by atoms with E-state index in [-0.39, 0.29) is 18.6 Å². The Balaban J connectivity index is 2.24. The van der Waals surface area contributed by atoms with Gasteiger partial charge in [0, 0.05) is 23.7 Å². The molecule has 1 aliphatic rings. The standard InChI is InChI=1S/C15H19F2NO2/c1-10(13-7-6-11(16)8-14(13)17)18(9-15(19)20)12-4-2-3-5-12/h6-8,10,12H,2-5,9H2,1H3,(H,19,20). The largest absolute Gasteiger partial charge is 0.480 e. The molecule has 0 bridgehead atoms. The van der Waals surface area contributed by atoms with Gasteiger partial charge < -0.3 is 5.11 Å². The summed E-state index contributed by atoms with van der Waals surface area (Å²) in [5, 5.41) is 9.06. The lowest BCUT2D eigenvalue weighted by atomic mass is 10.0. The maximum absolute atomic E-state index is 13.9. The van der Waals surface area contributed by atoms with Crippen LogP contribution in [0.1, 0.15) is 44.2 Å². The summed E-state index contributed by atoms with van der Waals surface area (Å²) in [5.74, 6) is -2.17. The van der Waals surface area contributed by atoms with Crippen molar-refractivity contribution in [1.29, 1.82) is 0 Å². The van der Waals surface area contributed by atoms with E-state index in [1.165, 1.54) is 12.1 Å². The van der Waals surface area contributed by atoms with E-state index in [4.69, 9.17) is 5.11 Å². The molecule has 0 aliphatic heterocycles. The van der Waals surface area contributed by atoms with Crippen molar-refractivity contribution in [2.75, 3.05) is 6.54 Å². The molecule has 0 amide bonds. The van der Waals surface area contributed by atoms with Crippen LogP contribution in [0.15, 0.2) is 18.2 Å². The Labute approximate surface area is 117 Å². The molecule has 110 valence electrons. The number of aliphatic carboxylic acids is 1. The highest BCUT2D eigenvalue weighted by atomic mass is 19.1. The quantitative estimate of drug-likeness (QED) is 0.901. The average molecular weight is 283 g/mol. The first-order valence-electron chi connectivity index (χ1n) is 6.91. The van der Waals surface area contributed by atoms with Gasteiger partial charge in [-0.2, -0.15) is 0 Å². The molecule has 20 heavy (non-hydrogen) atoms. The number of carbonyl (C=O) groups is 1. The highest BCUT2D eigenvalue weighted by Gasteiger charge is 2.30. The summed E-state index contributed by atoms with van der Waals surface area (Å²) in [5.41, 5.74) is 0.347. The number of carboxylic acids is 1. The van der Waals surface area contributed by atoms with Crippen molar-refractivity contribution >= 4 is 5.97 Å². The lowest BCUT2D eigenvalue weighted by molar-refractivity contribution is -0.139. The molecule has 0 heterocycles. The van der Waals surface area contributed by atoms with Gasteiger partial charge in [0.1, 0.15) is 11.6 Å². The van der Waals surface area contributed by atoms with Gasteiger partial charge in [-0.05, 0) is 25.8 Å². The minimum atomic E-state index is -0.925. The second-order valence-electron chi connectivity index (χ2n) is 5.35. The predicted molar refractivity (Wildman–Crippen MR) is 71.4 cm³/mol. The van der Waals surface area contributed by atoms with Crippen molar-refractivity contribution in [1.82, 2.24) is 4.90 Å². The van der Waals surface area contributed by atoms with Gasteiger partial charge in [-0.25, -0.2) is 8.78 Å². The van der Waals surface area contributed by atoms with Crippen LogP contribution in [0, 0.1) is 11.6 Å². The van der Waals surface area contributed by atoms with Crippen LogP contribution in [0.4, 0.5) is 8.78 Å². The third kappa shape index (κ3) is 3.33. The van der Waals surface area contributed by atoms with E-state index in [0.717, 1.165) is 31.7 Å². The van der Waals surface area contributed by atoms with Gasteiger partial charge in [-0.1, -0.05) is 18.9 Å². The van der Waals surface area contributed by atoms with Gasteiger partial charge >= 0.3 is 5.97 Å².